The number of hydrogen-bond acceptors (Lipinski definition) is 6. The second-order valence-electron chi connectivity index (χ2n) is 7.64. The fraction of sp³-hybridized carbons (Fsp3) is 0.0800. The molecule has 3 aromatic carbocycles. The molecule has 0 spiro atoms. The summed E-state index contributed by atoms with van der Waals surface area (Å²) in [6.07, 6.45) is 0.180. The quantitative estimate of drug-likeness (QED) is 0.163. The number of benzene rings is 3. The van der Waals surface area contributed by atoms with Gasteiger partial charge < -0.3 is 5.32 Å². The van der Waals surface area contributed by atoms with Gasteiger partial charge in [0.1, 0.15) is 16.7 Å². The number of hydrogen-bond donors (Lipinski definition) is 1. The first kappa shape index (κ1) is 25.4. The maximum atomic E-state index is 13.5. The Morgan fingerprint density at radius 1 is 1.17 bits per heavy atom. The van der Waals surface area contributed by atoms with Gasteiger partial charge in [-0.2, -0.15) is 5.26 Å². The Morgan fingerprint density at radius 3 is 2.50 bits per heavy atom. The van der Waals surface area contributed by atoms with Crippen molar-refractivity contribution in [3.05, 3.63) is 109 Å². The first-order valence-electron chi connectivity index (χ1n) is 10.5. The molecule has 1 aliphatic heterocycles. The molecule has 0 saturated carbocycles. The Morgan fingerprint density at radius 2 is 1.86 bits per heavy atom. The number of carbonyl (C=O) groups excluding carboxylic acids is 2. The highest BCUT2D eigenvalue weighted by atomic mass is 79.9. The molecule has 0 aliphatic carbocycles. The van der Waals surface area contributed by atoms with E-state index in [2.05, 4.69) is 21.2 Å². The van der Waals surface area contributed by atoms with Crippen molar-refractivity contribution in [2.24, 2.45) is 0 Å². The molecular formula is C25H16BrClN4O4S. The summed E-state index contributed by atoms with van der Waals surface area (Å²) < 4.78 is 0.796. The first-order chi connectivity index (χ1) is 17.3. The molecule has 180 valence electrons. The molecule has 1 atom stereocenters. The van der Waals surface area contributed by atoms with E-state index in [4.69, 9.17) is 11.6 Å². The van der Waals surface area contributed by atoms with Gasteiger partial charge >= 0.3 is 0 Å². The number of thioether (sulfide) groups is 1. The van der Waals surface area contributed by atoms with Crippen LogP contribution in [0.1, 0.15) is 5.56 Å². The summed E-state index contributed by atoms with van der Waals surface area (Å²) in [5, 5.41) is 23.7. The third-order valence-corrected chi connectivity index (χ3v) is 7.28. The van der Waals surface area contributed by atoms with Gasteiger partial charge in [0, 0.05) is 33.0 Å². The molecule has 36 heavy (non-hydrogen) atoms. The molecule has 2 amide bonds. The van der Waals surface area contributed by atoms with Crippen molar-refractivity contribution >= 4 is 68.2 Å². The Balaban J connectivity index is 1.72. The zero-order chi connectivity index (χ0) is 25.8. The van der Waals surface area contributed by atoms with Gasteiger partial charge in [0.25, 0.3) is 11.6 Å². The fourth-order valence-corrected chi connectivity index (χ4v) is 5.25. The second kappa shape index (κ2) is 11.0. The van der Waals surface area contributed by atoms with E-state index in [9.17, 15) is 25.0 Å². The highest BCUT2D eigenvalue weighted by Gasteiger charge is 2.41. The van der Waals surface area contributed by atoms with Gasteiger partial charge in [0.2, 0.25) is 5.91 Å². The molecule has 4 rings (SSSR count). The van der Waals surface area contributed by atoms with E-state index in [1.807, 2.05) is 6.07 Å². The van der Waals surface area contributed by atoms with Gasteiger partial charge in [-0.05, 0) is 60.5 Å². The van der Waals surface area contributed by atoms with Gasteiger partial charge in [-0.25, -0.2) is 0 Å². The Bertz CT molecular complexity index is 1420. The van der Waals surface area contributed by atoms with Crippen LogP contribution in [0.4, 0.5) is 17.1 Å². The van der Waals surface area contributed by atoms with Crippen LogP contribution < -0.4 is 10.2 Å². The van der Waals surface area contributed by atoms with Crippen LogP contribution in [-0.4, -0.2) is 22.0 Å². The average molecular weight is 584 g/mol. The van der Waals surface area contributed by atoms with Crippen molar-refractivity contribution < 1.29 is 14.5 Å². The lowest BCUT2D eigenvalue weighted by molar-refractivity contribution is -0.384. The van der Waals surface area contributed by atoms with E-state index < -0.39 is 16.1 Å². The summed E-state index contributed by atoms with van der Waals surface area (Å²) in [7, 11) is 0. The summed E-state index contributed by atoms with van der Waals surface area (Å²) in [5.41, 5.74) is 1.21. The summed E-state index contributed by atoms with van der Waals surface area (Å²) in [6.45, 7) is 0. The van der Waals surface area contributed by atoms with E-state index >= 15 is 0 Å². The molecule has 3 aromatic rings. The number of non-ortho nitro benzene ring substituents is 1. The molecule has 0 bridgehead atoms. The summed E-state index contributed by atoms with van der Waals surface area (Å²) in [5.74, 6) is -1.01. The monoisotopic (exact) mass is 582 g/mol. The standard InChI is InChI=1S/C25H16BrClN4O4S/c26-16-4-10-19(11-5-16)30-24(33)22(13-15-2-1-3-20(12-15)31(34)35)36-25(30)21(14-28)23(32)29-18-8-6-17(27)7-9-18/h1-12,22H,13H2,(H,29,32)/b25-21-/t22-/m0/s1. The molecule has 1 heterocycles. The SMILES string of the molecule is N#C/C(C(=O)Nc1ccc(Cl)cc1)=C1/S[C@@H](Cc2cccc([N+](=O)[O-])c2)C(=O)N1c1ccc(Br)cc1. The van der Waals surface area contributed by atoms with Crippen molar-refractivity contribution in [2.75, 3.05) is 10.2 Å². The maximum Gasteiger partial charge on any atom is 0.269 e. The van der Waals surface area contributed by atoms with Gasteiger partial charge in [-0.3, -0.25) is 24.6 Å². The molecule has 1 aliphatic rings. The van der Waals surface area contributed by atoms with Crippen LogP contribution in [0.25, 0.3) is 0 Å². The van der Waals surface area contributed by atoms with Crippen LogP contribution in [0.2, 0.25) is 5.02 Å². The molecule has 11 heteroatoms. The minimum Gasteiger partial charge on any atom is -0.321 e. The lowest BCUT2D eigenvalue weighted by Crippen LogP contribution is -2.30. The van der Waals surface area contributed by atoms with Crippen LogP contribution >= 0.6 is 39.3 Å². The third kappa shape index (κ3) is 5.60. The minimum atomic E-state index is -0.697. The van der Waals surface area contributed by atoms with Crippen LogP contribution in [0.3, 0.4) is 0 Å². The van der Waals surface area contributed by atoms with Crippen molar-refractivity contribution in [1.82, 2.24) is 0 Å². The normalized spacial score (nSPS) is 16.4. The Kier molecular flexibility index (Phi) is 7.74. The van der Waals surface area contributed by atoms with Gasteiger partial charge in [-0.15, -0.1) is 0 Å². The summed E-state index contributed by atoms with van der Waals surface area (Å²) >= 11 is 10.3. The van der Waals surface area contributed by atoms with Crippen molar-refractivity contribution in [3.63, 3.8) is 0 Å². The number of nitro groups is 1. The molecule has 1 fully saturated rings. The second-order valence-corrected chi connectivity index (χ2v) is 10.2. The third-order valence-electron chi connectivity index (χ3n) is 5.23. The molecule has 0 unspecified atom stereocenters. The van der Waals surface area contributed by atoms with E-state index in [1.54, 1.807) is 60.7 Å². The predicted octanol–water partition coefficient (Wildman–Crippen LogP) is 6.08. The van der Waals surface area contributed by atoms with Crippen molar-refractivity contribution in [1.29, 1.82) is 5.26 Å². The van der Waals surface area contributed by atoms with Crippen molar-refractivity contribution in [2.45, 2.75) is 11.7 Å². The number of halogens is 2. The van der Waals surface area contributed by atoms with E-state index in [1.165, 1.54) is 17.0 Å². The number of nitrogens with one attached hydrogen (secondary N) is 1. The molecule has 8 nitrogen and oxygen atoms in total. The van der Waals surface area contributed by atoms with E-state index in [0.29, 0.717) is 22.0 Å². The Labute approximate surface area is 223 Å². The van der Waals surface area contributed by atoms with Crippen LogP contribution in [0, 0.1) is 21.4 Å². The van der Waals surface area contributed by atoms with Gasteiger partial charge in [-0.1, -0.05) is 51.4 Å². The first-order valence-corrected chi connectivity index (χ1v) is 12.5. The smallest absolute Gasteiger partial charge is 0.269 e. The molecule has 1 N–H and O–H groups in total. The number of nitrogens with zero attached hydrogens (tertiary/aromatic N) is 3. The number of anilines is 2. The number of rotatable bonds is 6. The lowest BCUT2D eigenvalue weighted by Gasteiger charge is -2.19. The number of nitro benzene ring substituents is 1. The molecular weight excluding hydrogens is 568 g/mol. The average Bonchev–Trinajstić information content (AvgIpc) is 3.17. The largest absolute Gasteiger partial charge is 0.321 e. The Hall–Kier alpha value is -3.65. The summed E-state index contributed by atoms with van der Waals surface area (Å²) in [6, 6.07) is 21.3. The summed E-state index contributed by atoms with van der Waals surface area (Å²) in [4.78, 5) is 38.6. The number of nitriles is 1. The van der Waals surface area contributed by atoms with E-state index in [0.717, 1.165) is 16.2 Å². The molecule has 0 aromatic heterocycles. The van der Waals surface area contributed by atoms with Crippen LogP contribution in [-0.2, 0) is 16.0 Å². The number of carbonyl (C=O) groups is 2. The van der Waals surface area contributed by atoms with Gasteiger partial charge in [0.15, 0.2) is 0 Å². The highest BCUT2D eigenvalue weighted by molar-refractivity contribution is 9.10. The van der Waals surface area contributed by atoms with Crippen molar-refractivity contribution in [3.8, 4) is 6.07 Å². The zero-order valence-electron chi connectivity index (χ0n) is 18.4. The zero-order valence-corrected chi connectivity index (χ0v) is 21.5. The van der Waals surface area contributed by atoms with Crippen LogP contribution in [0.5, 0.6) is 0 Å². The van der Waals surface area contributed by atoms with Gasteiger partial charge in [0.05, 0.1) is 10.2 Å². The minimum absolute atomic E-state index is 0.0801. The molecule has 1 saturated heterocycles. The highest BCUT2D eigenvalue weighted by Crippen LogP contribution is 2.42. The van der Waals surface area contributed by atoms with E-state index in [-0.39, 0.29) is 28.6 Å². The predicted molar refractivity (Wildman–Crippen MR) is 143 cm³/mol. The topological polar surface area (TPSA) is 116 Å². The lowest BCUT2D eigenvalue weighted by atomic mass is 10.1. The van der Waals surface area contributed by atoms with Crippen LogP contribution in [0.15, 0.2) is 87.9 Å². The number of amides is 2. The maximum absolute atomic E-state index is 13.5. The fourth-order valence-electron chi connectivity index (χ4n) is 3.55. The molecule has 0 radical (unpaired) electrons.